The number of benzene rings is 3. The Kier molecular flexibility index (Phi) is 5.81. The topological polar surface area (TPSA) is 75.1 Å². The smallest absolute Gasteiger partial charge is 0.259 e. The number of rotatable bonds is 7. The molecule has 0 amide bonds. The van der Waals surface area contributed by atoms with Crippen LogP contribution in [-0.2, 0) is 13.1 Å². The standard InChI is InChI=1S/C29H27N3O5/c1-31(16-18-7-5-4-6-8-18)9-10-32-28-21-13-26-27(37-17-36-26)14-23(21)30-15-22(28)19-11-24(34-2)25(35-3)12-20(19)29(32)33/h4-8,11-15H,9-10,16-17H2,1-3H3. The van der Waals surface area contributed by atoms with Crippen LogP contribution in [0.3, 0.4) is 0 Å². The van der Waals surface area contributed by atoms with Gasteiger partial charge in [0.05, 0.1) is 30.6 Å². The van der Waals surface area contributed by atoms with Crippen LogP contribution in [0.25, 0.3) is 32.6 Å². The van der Waals surface area contributed by atoms with Crippen LogP contribution in [0.1, 0.15) is 5.56 Å². The van der Waals surface area contributed by atoms with Gasteiger partial charge in [0.25, 0.3) is 5.56 Å². The zero-order valence-electron chi connectivity index (χ0n) is 21.0. The minimum absolute atomic E-state index is 0.0956. The van der Waals surface area contributed by atoms with Crippen molar-refractivity contribution in [3.63, 3.8) is 0 Å². The maximum Gasteiger partial charge on any atom is 0.259 e. The first-order chi connectivity index (χ1) is 18.1. The highest BCUT2D eigenvalue weighted by Crippen LogP contribution is 2.40. The second kappa shape index (κ2) is 9.29. The van der Waals surface area contributed by atoms with Gasteiger partial charge in [-0.3, -0.25) is 9.78 Å². The average Bonchev–Trinajstić information content (AvgIpc) is 3.38. The maximum absolute atomic E-state index is 14.0. The zero-order valence-corrected chi connectivity index (χ0v) is 21.0. The molecule has 3 aromatic carbocycles. The molecule has 0 saturated heterocycles. The molecule has 0 aliphatic carbocycles. The predicted molar refractivity (Wildman–Crippen MR) is 143 cm³/mol. The molecule has 0 radical (unpaired) electrons. The fourth-order valence-corrected chi connectivity index (χ4v) is 5.04. The lowest BCUT2D eigenvalue weighted by molar-refractivity contribution is 0.174. The van der Waals surface area contributed by atoms with Crippen molar-refractivity contribution in [1.29, 1.82) is 0 Å². The molecule has 8 nitrogen and oxygen atoms in total. The van der Waals surface area contributed by atoms with Crippen LogP contribution in [0, 0.1) is 0 Å². The summed E-state index contributed by atoms with van der Waals surface area (Å²) in [6.07, 6.45) is 1.82. The number of hydrogen-bond donors (Lipinski definition) is 0. The Balaban J connectivity index is 1.56. The van der Waals surface area contributed by atoms with E-state index in [9.17, 15) is 4.79 Å². The summed E-state index contributed by atoms with van der Waals surface area (Å²) >= 11 is 0. The Morgan fingerprint density at radius 2 is 1.62 bits per heavy atom. The van der Waals surface area contributed by atoms with Gasteiger partial charge in [-0.25, -0.2) is 0 Å². The molecule has 0 atom stereocenters. The summed E-state index contributed by atoms with van der Waals surface area (Å²) in [6.45, 7) is 2.13. The monoisotopic (exact) mass is 497 g/mol. The summed E-state index contributed by atoms with van der Waals surface area (Å²) in [4.78, 5) is 21.0. The van der Waals surface area contributed by atoms with E-state index in [0.29, 0.717) is 41.5 Å². The normalized spacial score (nSPS) is 12.6. The number of hydrogen-bond acceptors (Lipinski definition) is 7. The van der Waals surface area contributed by atoms with Crippen LogP contribution in [-0.4, -0.2) is 49.1 Å². The van der Waals surface area contributed by atoms with E-state index < -0.39 is 0 Å². The molecule has 2 aromatic heterocycles. The molecule has 37 heavy (non-hydrogen) atoms. The van der Waals surface area contributed by atoms with E-state index >= 15 is 0 Å². The lowest BCUT2D eigenvalue weighted by Crippen LogP contribution is -2.29. The van der Waals surface area contributed by atoms with Gasteiger partial charge in [0, 0.05) is 48.1 Å². The van der Waals surface area contributed by atoms with Gasteiger partial charge in [-0.15, -0.1) is 0 Å². The molecule has 0 bridgehead atoms. The minimum atomic E-state index is -0.0956. The third-order valence-corrected chi connectivity index (χ3v) is 6.89. The molecule has 1 aliphatic heterocycles. The van der Waals surface area contributed by atoms with Gasteiger partial charge in [0.15, 0.2) is 23.0 Å². The maximum atomic E-state index is 14.0. The largest absolute Gasteiger partial charge is 0.493 e. The number of pyridine rings is 2. The predicted octanol–water partition coefficient (Wildman–Crippen LogP) is 4.58. The summed E-state index contributed by atoms with van der Waals surface area (Å²) in [5.74, 6) is 2.37. The highest BCUT2D eigenvalue weighted by Gasteiger charge is 2.21. The van der Waals surface area contributed by atoms with E-state index in [2.05, 4.69) is 24.1 Å². The van der Waals surface area contributed by atoms with Crippen molar-refractivity contribution in [2.24, 2.45) is 0 Å². The second-order valence-corrected chi connectivity index (χ2v) is 9.18. The van der Waals surface area contributed by atoms with Gasteiger partial charge in [0.2, 0.25) is 6.79 Å². The van der Waals surface area contributed by atoms with Crippen molar-refractivity contribution in [2.45, 2.75) is 13.1 Å². The number of aromatic nitrogens is 2. The molecule has 0 saturated carbocycles. The Bertz CT molecular complexity index is 1700. The zero-order chi connectivity index (χ0) is 25.5. The molecular weight excluding hydrogens is 470 g/mol. The van der Waals surface area contributed by atoms with Crippen LogP contribution in [0.4, 0.5) is 0 Å². The highest BCUT2D eigenvalue weighted by molar-refractivity contribution is 6.15. The van der Waals surface area contributed by atoms with E-state index in [1.165, 1.54) is 5.56 Å². The van der Waals surface area contributed by atoms with Crippen molar-refractivity contribution < 1.29 is 18.9 Å². The van der Waals surface area contributed by atoms with Crippen molar-refractivity contribution in [2.75, 3.05) is 34.6 Å². The fourth-order valence-electron chi connectivity index (χ4n) is 5.04. The van der Waals surface area contributed by atoms with E-state index in [0.717, 1.165) is 33.7 Å². The third kappa shape index (κ3) is 3.99. The Morgan fingerprint density at radius 1 is 0.919 bits per heavy atom. The number of likely N-dealkylation sites (N-methyl/N-ethyl adjacent to an activating group) is 1. The second-order valence-electron chi connectivity index (χ2n) is 9.18. The number of ether oxygens (including phenoxy) is 4. The Morgan fingerprint density at radius 3 is 2.35 bits per heavy atom. The lowest BCUT2D eigenvalue weighted by Gasteiger charge is -2.20. The van der Waals surface area contributed by atoms with Gasteiger partial charge in [-0.1, -0.05) is 30.3 Å². The van der Waals surface area contributed by atoms with Crippen molar-refractivity contribution in [3.8, 4) is 23.0 Å². The first kappa shape index (κ1) is 23.1. The third-order valence-electron chi connectivity index (χ3n) is 6.89. The Labute approximate surface area is 213 Å². The first-order valence-corrected chi connectivity index (χ1v) is 12.1. The van der Waals surface area contributed by atoms with E-state index in [1.807, 2.05) is 47.2 Å². The molecule has 188 valence electrons. The SMILES string of the molecule is COc1cc2c(=O)n(CCN(C)Cc3ccccc3)c3c4cc5c(cc4ncc3c2cc1OC)OCO5. The molecular formula is C29H27N3O5. The van der Waals surface area contributed by atoms with E-state index in [4.69, 9.17) is 23.9 Å². The molecule has 6 rings (SSSR count). The molecule has 8 heteroatoms. The van der Waals surface area contributed by atoms with E-state index in [-0.39, 0.29) is 12.4 Å². The summed E-state index contributed by atoms with van der Waals surface area (Å²) in [5, 5.41) is 3.00. The first-order valence-electron chi connectivity index (χ1n) is 12.1. The van der Waals surface area contributed by atoms with Gasteiger partial charge in [0.1, 0.15) is 0 Å². The highest BCUT2D eigenvalue weighted by atomic mass is 16.7. The quantitative estimate of drug-likeness (QED) is 0.305. The van der Waals surface area contributed by atoms with Crippen LogP contribution in [0.2, 0.25) is 0 Å². The molecule has 0 spiro atoms. The van der Waals surface area contributed by atoms with Gasteiger partial charge < -0.3 is 28.4 Å². The molecule has 3 heterocycles. The van der Waals surface area contributed by atoms with Crippen LogP contribution in [0.15, 0.2) is 65.6 Å². The number of methoxy groups -OCH3 is 2. The van der Waals surface area contributed by atoms with Crippen molar-refractivity contribution in [3.05, 3.63) is 76.7 Å². The van der Waals surface area contributed by atoms with Crippen LogP contribution in [0.5, 0.6) is 23.0 Å². The summed E-state index contributed by atoms with van der Waals surface area (Å²) < 4.78 is 24.1. The minimum Gasteiger partial charge on any atom is -0.493 e. The van der Waals surface area contributed by atoms with Crippen LogP contribution >= 0.6 is 0 Å². The molecule has 1 aliphatic rings. The van der Waals surface area contributed by atoms with E-state index in [1.54, 1.807) is 20.3 Å². The average molecular weight is 498 g/mol. The van der Waals surface area contributed by atoms with Crippen molar-refractivity contribution in [1.82, 2.24) is 14.5 Å². The summed E-state index contributed by atoms with van der Waals surface area (Å²) in [7, 11) is 5.22. The summed E-state index contributed by atoms with van der Waals surface area (Å²) in [5.41, 5.74) is 2.67. The molecule has 0 unspecified atom stereocenters. The number of nitrogens with zero attached hydrogens (tertiary/aromatic N) is 3. The summed E-state index contributed by atoms with van der Waals surface area (Å²) in [6, 6.07) is 17.7. The molecule has 0 fully saturated rings. The van der Waals surface area contributed by atoms with Gasteiger partial charge in [-0.05, 0) is 30.8 Å². The fraction of sp³-hybridized carbons (Fsp3) is 0.241. The number of fused-ring (bicyclic) bond motifs is 6. The van der Waals surface area contributed by atoms with Gasteiger partial charge in [-0.2, -0.15) is 0 Å². The van der Waals surface area contributed by atoms with Crippen LogP contribution < -0.4 is 24.5 Å². The lowest BCUT2D eigenvalue weighted by atomic mass is 10.0. The molecule has 5 aromatic rings. The van der Waals surface area contributed by atoms with Crippen molar-refractivity contribution >= 4 is 32.6 Å². The van der Waals surface area contributed by atoms with Gasteiger partial charge >= 0.3 is 0 Å². The molecule has 0 N–H and O–H groups in total. The Hall–Kier alpha value is -4.30.